The quantitative estimate of drug-likeness (QED) is 0.648. The molecule has 20 heavy (non-hydrogen) atoms. The SMILES string of the molecule is Fc1ccccc1-c1nc2cc3c(cc2o1)CCCC3. The number of oxazole rings is 1. The van der Waals surface area contributed by atoms with E-state index in [-0.39, 0.29) is 5.82 Å². The van der Waals surface area contributed by atoms with E-state index in [9.17, 15) is 4.39 Å². The maximum atomic E-state index is 13.8. The molecule has 3 aromatic rings. The van der Waals surface area contributed by atoms with E-state index >= 15 is 0 Å². The van der Waals surface area contributed by atoms with Crippen LogP contribution in [-0.2, 0) is 12.8 Å². The summed E-state index contributed by atoms with van der Waals surface area (Å²) < 4.78 is 19.6. The molecule has 0 bridgehead atoms. The van der Waals surface area contributed by atoms with E-state index in [1.807, 2.05) is 0 Å². The fourth-order valence-electron chi connectivity index (χ4n) is 2.91. The molecule has 4 rings (SSSR count). The average Bonchev–Trinajstić information content (AvgIpc) is 2.87. The summed E-state index contributed by atoms with van der Waals surface area (Å²) in [7, 11) is 0. The van der Waals surface area contributed by atoms with Crippen LogP contribution in [0.5, 0.6) is 0 Å². The van der Waals surface area contributed by atoms with Crippen molar-refractivity contribution in [3.05, 3.63) is 53.3 Å². The fourth-order valence-corrected chi connectivity index (χ4v) is 2.91. The Labute approximate surface area is 116 Å². The van der Waals surface area contributed by atoms with Gasteiger partial charge in [-0.25, -0.2) is 9.37 Å². The number of hydrogen-bond donors (Lipinski definition) is 0. The lowest BCUT2D eigenvalue weighted by Crippen LogP contribution is -2.01. The molecular formula is C17H14FNO. The van der Waals surface area contributed by atoms with Crippen molar-refractivity contribution in [2.75, 3.05) is 0 Å². The van der Waals surface area contributed by atoms with Gasteiger partial charge < -0.3 is 4.42 Å². The van der Waals surface area contributed by atoms with Crippen molar-refractivity contribution in [2.45, 2.75) is 25.7 Å². The van der Waals surface area contributed by atoms with Gasteiger partial charge in [0.1, 0.15) is 11.3 Å². The lowest BCUT2D eigenvalue weighted by molar-refractivity contribution is 0.592. The Kier molecular flexibility index (Phi) is 2.59. The van der Waals surface area contributed by atoms with Gasteiger partial charge >= 0.3 is 0 Å². The first-order valence-corrected chi connectivity index (χ1v) is 6.98. The third-order valence-corrected chi connectivity index (χ3v) is 3.96. The molecular weight excluding hydrogens is 253 g/mol. The predicted octanol–water partition coefficient (Wildman–Crippen LogP) is 4.51. The van der Waals surface area contributed by atoms with Crippen LogP contribution >= 0.6 is 0 Å². The normalized spacial score (nSPS) is 14.4. The minimum Gasteiger partial charge on any atom is -0.436 e. The van der Waals surface area contributed by atoms with Crippen LogP contribution in [0, 0.1) is 5.82 Å². The van der Waals surface area contributed by atoms with E-state index in [4.69, 9.17) is 4.42 Å². The highest BCUT2D eigenvalue weighted by Gasteiger charge is 2.16. The molecule has 0 N–H and O–H groups in total. The molecule has 100 valence electrons. The molecule has 0 aliphatic heterocycles. The highest BCUT2D eigenvalue weighted by molar-refractivity contribution is 5.78. The molecule has 2 aromatic carbocycles. The summed E-state index contributed by atoms with van der Waals surface area (Å²) in [6, 6.07) is 10.7. The van der Waals surface area contributed by atoms with Gasteiger partial charge in [-0.15, -0.1) is 0 Å². The van der Waals surface area contributed by atoms with Crippen molar-refractivity contribution in [2.24, 2.45) is 0 Å². The van der Waals surface area contributed by atoms with Gasteiger partial charge in [0.15, 0.2) is 5.58 Å². The Balaban J connectivity index is 1.89. The number of benzene rings is 2. The predicted molar refractivity (Wildman–Crippen MR) is 76.0 cm³/mol. The Bertz CT molecular complexity index is 748. The minimum absolute atomic E-state index is 0.302. The van der Waals surface area contributed by atoms with E-state index in [1.54, 1.807) is 18.2 Å². The zero-order valence-corrected chi connectivity index (χ0v) is 11.0. The Morgan fingerprint density at radius 1 is 1.00 bits per heavy atom. The summed E-state index contributed by atoms with van der Waals surface area (Å²) >= 11 is 0. The number of aryl methyl sites for hydroxylation is 2. The number of fused-ring (bicyclic) bond motifs is 2. The topological polar surface area (TPSA) is 26.0 Å². The molecule has 0 atom stereocenters. The first-order valence-electron chi connectivity index (χ1n) is 6.98. The van der Waals surface area contributed by atoms with Crippen LogP contribution in [0.3, 0.4) is 0 Å². The van der Waals surface area contributed by atoms with Crippen molar-refractivity contribution in [3.63, 3.8) is 0 Å². The van der Waals surface area contributed by atoms with Crippen LogP contribution in [-0.4, -0.2) is 4.98 Å². The molecule has 0 radical (unpaired) electrons. The summed E-state index contributed by atoms with van der Waals surface area (Å²) in [6.07, 6.45) is 4.66. The molecule has 0 fully saturated rings. The second-order valence-electron chi connectivity index (χ2n) is 5.29. The molecule has 0 amide bonds. The molecule has 3 heteroatoms. The number of halogens is 1. The maximum absolute atomic E-state index is 13.8. The second kappa shape index (κ2) is 4.44. The van der Waals surface area contributed by atoms with E-state index in [1.165, 1.54) is 30.0 Å². The zero-order chi connectivity index (χ0) is 13.5. The van der Waals surface area contributed by atoms with Gasteiger partial charge in [-0.05, 0) is 61.1 Å². The summed E-state index contributed by atoms with van der Waals surface area (Å²) in [5.41, 5.74) is 4.70. The Hall–Kier alpha value is -2.16. The van der Waals surface area contributed by atoms with E-state index in [2.05, 4.69) is 17.1 Å². The molecule has 1 aliphatic carbocycles. The van der Waals surface area contributed by atoms with Gasteiger partial charge in [-0.2, -0.15) is 0 Å². The third kappa shape index (κ3) is 1.82. The lowest BCUT2D eigenvalue weighted by Gasteiger charge is -2.14. The molecule has 1 aliphatic rings. The fraction of sp³-hybridized carbons (Fsp3) is 0.235. The Morgan fingerprint density at radius 2 is 1.75 bits per heavy atom. The van der Waals surface area contributed by atoms with Gasteiger partial charge in [0.25, 0.3) is 0 Å². The standard InChI is InChI=1S/C17H14FNO/c18-14-8-4-3-7-13(14)17-19-15-9-11-5-1-2-6-12(11)10-16(15)20-17/h3-4,7-10H,1-2,5-6H2. The summed E-state index contributed by atoms with van der Waals surface area (Å²) in [6.45, 7) is 0. The Morgan fingerprint density at radius 3 is 2.55 bits per heavy atom. The van der Waals surface area contributed by atoms with Crippen LogP contribution < -0.4 is 0 Å². The van der Waals surface area contributed by atoms with Crippen LogP contribution in [0.25, 0.3) is 22.6 Å². The van der Waals surface area contributed by atoms with Gasteiger partial charge in [0.2, 0.25) is 5.89 Å². The number of nitrogens with zero attached hydrogens (tertiary/aromatic N) is 1. The first kappa shape index (κ1) is 11.6. The van der Waals surface area contributed by atoms with E-state index in [0.29, 0.717) is 11.5 Å². The lowest BCUT2D eigenvalue weighted by atomic mass is 9.91. The summed E-state index contributed by atoms with van der Waals surface area (Å²) in [4.78, 5) is 4.45. The van der Waals surface area contributed by atoms with Crippen molar-refractivity contribution in [1.29, 1.82) is 0 Å². The van der Waals surface area contributed by atoms with Crippen molar-refractivity contribution in [3.8, 4) is 11.5 Å². The van der Waals surface area contributed by atoms with E-state index < -0.39 is 0 Å². The number of aromatic nitrogens is 1. The summed E-state index contributed by atoms with van der Waals surface area (Å²) in [5, 5.41) is 0. The van der Waals surface area contributed by atoms with Crippen LogP contribution in [0.2, 0.25) is 0 Å². The van der Waals surface area contributed by atoms with Crippen LogP contribution in [0.1, 0.15) is 24.0 Å². The highest BCUT2D eigenvalue weighted by atomic mass is 19.1. The number of hydrogen-bond acceptors (Lipinski definition) is 2. The van der Waals surface area contributed by atoms with Crippen molar-refractivity contribution >= 4 is 11.1 Å². The monoisotopic (exact) mass is 267 g/mol. The molecule has 0 spiro atoms. The largest absolute Gasteiger partial charge is 0.436 e. The molecule has 1 heterocycles. The molecule has 1 aromatic heterocycles. The average molecular weight is 267 g/mol. The summed E-state index contributed by atoms with van der Waals surface area (Å²) in [5.74, 6) is 0.0595. The molecule has 0 unspecified atom stereocenters. The molecule has 2 nitrogen and oxygen atoms in total. The number of rotatable bonds is 1. The smallest absolute Gasteiger partial charge is 0.230 e. The van der Waals surface area contributed by atoms with E-state index in [0.717, 1.165) is 23.9 Å². The van der Waals surface area contributed by atoms with Gasteiger partial charge in [0.05, 0.1) is 5.56 Å². The van der Waals surface area contributed by atoms with Crippen molar-refractivity contribution < 1.29 is 8.81 Å². The second-order valence-corrected chi connectivity index (χ2v) is 5.29. The molecule has 0 saturated heterocycles. The first-order chi connectivity index (χ1) is 9.81. The highest BCUT2D eigenvalue weighted by Crippen LogP contribution is 2.30. The minimum atomic E-state index is -0.302. The van der Waals surface area contributed by atoms with Crippen molar-refractivity contribution in [1.82, 2.24) is 4.98 Å². The zero-order valence-electron chi connectivity index (χ0n) is 11.0. The molecule has 0 saturated carbocycles. The van der Waals surface area contributed by atoms with Gasteiger partial charge in [0, 0.05) is 0 Å². The maximum Gasteiger partial charge on any atom is 0.230 e. The van der Waals surface area contributed by atoms with Gasteiger partial charge in [-0.3, -0.25) is 0 Å². The van der Waals surface area contributed by atoms with Gasteiger partial charge in [-0.1, -0.05) is 12.1 Å². The van der Waals surface area contributed by atoms with Crippen LogP contribution in [0.4, 0.5) is 4.39 Å². The third-order valence-electron chi connectivity index (χ3n) is 3.96. The van der Waals surface area contributed by atoms with Crippen LogP contribution in [0.15, 0.2) is 40.8 Å².